The van der Waals surface area contributed by atoms with Crippen molar-refractivity contribution in [2.45, 2.75) is 65.6 Å². The molecule has 6 heterocycles. The number of halogens is 3. The number of benzene rings is 4. The molecule has 4 aromatic carbocycles. The van der Waals surface area contributed by atoms with Crippen LogP contribution >= 0.6 is 57.9 Å². The number of fused-ring (bicyclic) bond motifs is 2. The van der Waals surface area contributed by atoms with Gasteiger partial charge in [-0.05, 0) is 161 Å². The number of carbonyl (C=O) groups is 4. The third-order valence-electron chi connectivity index (χ3n) is 11.3. The van der Waals surface area contributed by atoms with E-state index in [1.165, 1.54) is 32.4 Å². The number of nitrogens with zero attached hydrogens (tertiary/aromatic N) is 10. The third-order valence-corrected chi connectivity index (χ3v) is 13.8. The zero-order valence-corrected chi connectivity index (χ0v) is 48.6. The number of primary amides is 1. The number of carbonyl (C=O) groups excluding carboxylic acids is 4. The second-order valence-corrected chi connectivity index (χ2v) is 22.3. The smallest absolute Gasteiger partial charge is 0.435 e. The highest BCUT2D eigenvalue weighted by Crippen LogP contribution is 2.33. The molecule has 20 nitrogen and oxygen atoms in total. The molecule has 3 N–H and O–H groups in total. The molecule has 416 valence electrons. The van der Waals surface area contributed by atoms with Gasteiger partial charge >= 0.3 is 12.2 Å². The summed E-state index contributed by atoms with van der Waals surface area (Å²) in [5.41, 5.74) is 9.08. The van der Waals surface area contributed by atoms with Gasteiger partial charge in [0.25, 0.3) is 5.91 Å². The van der Waals surface area contributed by atoms with E-state index in [0.717, 1.165) is 32.5 Å². The molecule has 0 atom stereocenters. The largest absolute Gasteiger partial charge is 0.497 e. The number of pyridine rings is 2. The molecule has 10 aromatic rings. The molecule has 0 bridgehead atoms. The van der Waals surface area contributed by atoms with Crippen LogP contribution in [0, 0.1) is 0 Å². The Morgan fingerprint density at radius 2 is 1.04 bits per heavy atom. The summed E-state index contributed by atoms with van der Waals surface area (Å²) in [6.07, 6.45) is 6.14. The minimum Gasteiger partial charge on any atom is -0.497 e. The maximum Gasteiger partial charge on any atom is 0.435 e. The predicted molar refractivity (Wildman–Crippen MR) is 312 cm³/mol. The second-order valence-electron chi connectivity index (χ2n) is 19.5. The van der Waals surface area contributed by atoms with Crippen LogP contribution in [0.1, 0.15) is 83.4 Å². The van der Waals surface area contributed by atoms with Crippen LogP contribution in [0.25, 0.3) is 44.6 Å². The number of aromatic nitrogens is 10. The minimum atomic E-state index is -0.646. The van der Waals surface area contributed by atoms with E-state index in [1.807, 2.05) is 18.2 Å². The van der Waals surface area contributed by atoms with Crippen LogP contribution in [0.15, 0.2) is 122 Å². The number of amides is 2. The van der Waals surface area contributed by atoms with E-state index in [0.29, 0.717) is 89.8 Å². The van der Waals surface area contributed by atoms with Crippen molar-refractivity contribution < 1.29 is 38.1 Å². The van der Waals surface area contributed by atoms with Gasteiger partial charge in [-0.25, -0.2) is 29.5 Å². The molecule has 0 aliphatic heterocycles. The lowest BCUT2D eigenvalue weighted by Crippen LogP contribution is -2.27. The topological polar surface area (TPSA) is 256 Å². The Morgan fingerprint density at radius 1 is 0.593 bits per heavy atom. The van der Waals surface area contributed by atoms with Crippen molar-refractivity contribution in [2.75, 3.05) is 19.5 Å². The normalized spacial score (nSPS) is 11.2. The average molecular weight is 1190 g/mol. The van der Waals surface area contributed by atoms with Crippen molar-refractivity contribution in [3.05, 3.63) is 169 Å². The van der Waals surface area contributed by atoms with Gasteiger partial charge in [-0.1, -0.05) is 46.9 Å². The van der Waals surface area contributed by atoms with E-state index in [2.05, 4.69) is 44.2 Å². The fourth-order valence-electron chi connectivity index (χ4n) is 7.48. The van der Waals surface area contributed by atoms with E-state index in [1.54, 1.807) is 159 Å². The van der Waals surface area contributed by atoms with Crippen LogP contribution in [-0.4, -0.2) is 97.7 Å². The minimum absolute atomic E-state index is 0.292. The number of ether oxygens (including phenoxy) is 4. The highest BCUT2D eigenvalue weighted by atomic mass is 35.5. The Balaban J connectivity index is 0.000000184. The first-order valence-electron chi connectivity index (χ1n) is 24.5. The molecule has 10 rings (SSSR count). The van der Waals surface area contributed by atoms with E-state index in [4.69, 9.17) is 59.5 Å². The molecule has 6 aromatic heterocycles. The lowest BCUT2D eigenvalue weighted by Gasteiger charge is -2.19. The molecule has 0 radical (unpaired) electrons. The van der Waals surface area contributed by atoms with Gasteiger partial charge in [0.1, 0.15) is 43.7 Å². The Kier molecular flexibility index (Phi) is 18.4. The van der Waals surface area contributed by atoms with Crippen LogP contribution in [0.3, 0.4) is 0 Å². The number of rotatable bonds is 11. The fraction of sp³-hybridized carbons (Fsp3) is 0.214. The van der Waals surface area contributed by atoms with Crippen molar-refractivity contribution in [1.29, 1.82) is 0 Å². The van der Waals surface area contributed by atoms with Crippen molar-refractivity contribution in [3.8, 4) is 34.3 Å². The summed E-state index contributed by atoms with van der Waals surface area (Å²) >= 11 is 21.8. The molecule has 0 unspecified atom stereocenters. The number of anilines is 1. The zero-order valence-electron chi connectivity index (χ0n) is 44.7. The maximum absolute atomic E-state index is 12.6. The number of methoxy groups -OCH3 is 2. The van der Waals surface area contributed by atoms with E-state index < -0.39 is 29.3 Å². The molecule has 0 aliphatic carbocycles. The van der Waals surface area contributed by atoms with Gasteiger partial charge in [-0.15, -0.1) is 0 Å². The van der Waals surface area contributed by atoms with Gasteiger partial charge in [-0.3, -0.25) is 9.59 Å². The Morgan fingerprint density at radius 3 is 1.47 bits per heavy atom. The third kappa shape index (κ3) is 15.1. The summed E-state index contributed by atoms with van der Waals surface area (Å²) in [5.74, 6) is 2.15. The Hall–Kier alpha value is -8.41. The van der Waals surface area contributed by atoms with Gasteiger partial charge in [0.2, 0.25) is 5.91 Å². The van der Waals surface area contributed by atoms with Crippen molar-refractivity contribution in [3.63, 3.8) is 0 Å². The average Bonchev–Trinajstić information content (AvgIpc) is 4.42. The summed E-state index contributed by atoms with van der Waals surface area (Å²) in [5, 5.41) is 15.4. The lowest BCUT2D eigenvalue weighted by atomic mass is 10.1. The number of nitrogens with two attached hydrogens (primary N) is 1. The SMILES string of the molecule is CC(C)(C)OC(=O)n1ncc2c(Cl)c(Cc3nc(-c4ccnc(Cl)c4)ns3)ccc21.COc1ccc(C(=O)Nc2cc(-c3nsc(Cc4ccc5c(cnn5C(=O)OC(C)(C)C)c4Cl)n3)ccn2)cc1.COc1ccc(C(N)=O)cc1. The second kappa shape index (κ2) is 25.4. The molecule has 0 aliphatic rings. The van der Waals surface area contributed by atoms with E-state index in [9.17, 15) is 19.2 Å². The molecule has 81 heavy (non-hydrogen) atoms. The highest BCUT2D eigenvalue weighted by molar-refractivity contribution is 7.05. The van der Waals surface area contributed by atoms with Gasteiger partial charge in [0.05, 0.1) is 47.7 Å². The van der Waals surface area contributed by atoms with Crippen LogP contribution in [0.5, 0.6) is 11.5 Å². The summed E-state index contributed by atoms with van der Waals surface area (Å²) < 4.78 is 32.2. The quantitative estimate of drug-likeness (QED) is 0.114. The fourth-order valence-corrected chi connectivity index (χ4v) is 9.58. The van der Waals surface area contributed by atoms with Crippen LogP contribution in [0.4, 0.5) is 15.4 Å². The van der Waals surface area contributed by atoms with Crippen molar-refractivity contribution in [2.24, 2.45) is 5.73 Å². The summed E-state index contributed by atoms with van der Waals surface area (Å²) in [4.78, 5) is 65.6. The van der Waals surface area contributed by atoms with Crippen molar-refractivity contribution in [1.82, 2.24) is 48.2 Å². The summed E-state index contributed by atoms with van der Waals surface area (Å²) in [6, 6.07) is 27.7. The Bertz CT molecular complexity index is 3910. The van der Waals surface area contributed by atoms with Crippen LogP contribution in [-0.2, 0) is 22.3 Å². The summed E-state index contributed by atoms with van der Waals surface area (Å²) in [7, 11) is 3.14. The zero-order chi connectivity index (χ0) is 58.2. The van der Waals surface area contributed by atoms with Gasteiger partial charge in [0, 0.05) is 58.3 Å². The molecule has 25 heteroatoms. The standard InChI is InChI=1S/C28H25ClN6O4S.C20H17Cl2N5O2S.C8H9NO2/c1-28(2,3)39-27(37)35-21-10-7-17(24(29)20(21)15-31-35)14-23-33-25(34-40-23)18-11-12-30-22(13-18)32-26(36)16-5-8-19(38-4)9-6-16;1-20(2,3)29-19(28)27-14-5-4-11(17(22)13(14)10-24-27)9-16-25-18(26-30-16)12-6-7-23-15(21)8-12;1-11-7-4-2-6(3-5-7)8(9)10/h5-13,15H,14H2,1-4H3,(H,30,32,36);4-8,10H,9H2,1-3H3;2-5H,1H3,(H2,9,10). The first kappa shape index (κ1) is 58.7. The van der Waals surface area contributed by atoms with Gasteiger partial charge in [0.15, 0.2) is 11.6 Å². The molecule has 0 saturated carbocycles. The van der Waals surface area contributed by atoms with E-state index >= 15 is 0 Å². The van der Waals surface area contributed by atoms with Gasteiger partial charge in [-0.2, -0.15) is 28.3 Å². The maximum atomic E-state index is 12.6. The highest BCUT2D eigenvalue weighted by Gasteiger charge is 2.24. The van der Waals surface area contributed by atoms with Gasteiger partial charge < -0.3 is 30.0 Å². The molecule has 2 amide bonds. The molecule has 0 saturated heterocycles. The first-order chi connectivity index (χ1) is 38.6. The number of hydrogen-bond acceptors (Lipinski definition) is 18. The number of nitrogens with one attached hydrogen (secondary N) is 1. The predicted octanol–water partition coefficient (Wildman–Crippen LogP) is 12.7. The van der Waals surface area contributed by atoms with Crippen LogP contribution < -0.4 is 20.5 Å². The molecular formula is C56H51Cl3N12O8S2. The van der Waals surface area contributed by atoms with E-state index in [-0.39, 0.29) is 5.91 Å². The molecule has 0 fully saturated rings. The molecule has 0 spiro atoms. The summed E-state index contributed by atoms with van der Waals surface area (Å²) in [6.45, 7) is 10.8. The molecular weight excluding hydrogens is 1140 g/mol. The first-order valence-corrected chi connectivity index (χ1v) is 27.1. The van der Waals surface area contributed by atoms with Crippen molar-refractivity contribution >= 4 is 109 Å². The Labute approximate surface area is 487 Å². The van der Waals surface area contributed by atoms with Crippen LogP contribution in [0.2, 0.25) is 15.2 Å². The lowest BCUT2D eigenvalue weighted by molar-refractivity contribution is 0.0511. The number of hydrogen-bond donors (Lipinski definition) is 2. The monoisotopic (exact) mass is 1190 g/mol.